The molecule has 1 aliphatic rings. The Kier molecular flexibility index (Phi) is 4.40. The van der Waals surface area contributed by atoms with E-state index in [-0.39, 0.29) is 6.01 Å². The monoisotopic (exact) mass is 323 g/mol. The van der Waals surface area contributed by atoms with Gasteiger partial charge in [0.1, 0.15) is 5.82 Å². The first kappa shape index (κ1) is 15.6. The van der Waals surface area contributed by atoms with Gasteiger partial charge in [-0.25, -0.2) is 4.98 Å². The third-order valence-corrected chi connectivity index (χ3v) is 4.00. The number of rotatable bonds is 4. The fourth-order valence-electron chi connectivity index (χ4n) is 2.85. The van der Waals surface area contributed by atoms with E-state index in [1.807, 2.05) is 13.0 Å². The Morgan fingerprint density at radius 2 is 2.17 bits per heavy atom. The standard InChI is InChI=1S/C15H19F2N5O/c1-9-7-11(19-15-21-20-14(23-15)12(16)17)8-18-13(9)22-6-4-3-5-10(22)2/h7-8,10,12H,3-6H2,1-2H3,(H,19,21). The molecule has 3 heterocycles. The molecule has 2 aromatic rings. The van der Waals surface area contributed by atoms with Gasteiger partial charge < -0.3 is 14.6 Å². The summed E-state index contributed by atoms with van der Waals surface area (Å²) in [4.78, 5) is 6.83. The first-order chi connectivity index (χ1) is 11.0. The Hall–Kier alpha value is -2.25. The lowest BCUT2D eigenvalue weighted by Crippen LogP contribution is -2.38. The van der Waals surface area contributed by atoms with Gasteiger partial charge in [0.05, 0.1) is 11.9 Å². The van der Waals surface area contributed by atoms with Gasteiger partial charge in [-0.3, -0.25) is 0 Å². The Morgan fingerprint density at radius 3 is 2.83 bits per heavy atom. The third-order valence-electron chi connectivity index (χ3n) is 4.00. The zero-order valence-corrected chi connectivity index (χ0v) is 13.1. The van der Waals surface area contributed by atoms with Gasteiger partial charge in [0.25, 0.3) is 5.89 Å². The van der Waals surface area contributed by atoms with Crippen LogP contribution in [0.15, 0.2) is 16.7 Å². The van der Waals surface area contributed by atoms with Crippen molar-refractivity contribution in [2.24, 2.45) is 0 Å². The van der Waals surface area contributed by atoms with E-state index in [2.05, 4.69) is 32.3 Å². The van der Waals surface area contributed by atoms with Crippen molar-refractivity contribution in [1.82, 2.24) is 15.2 Å². The Labute approximate surface area is 132 Å². The number of aromatic nitrogens is 3. The van der Waals surface area contributed by atoms with Crippen LogP contribution in [0.1, 0.15) is 44.1 Å². The molecule has 1 atom stereocenters. The van der Waals surface area contributed by atoms with Gasteiger partial charge in [-0.15, -0.1) is 5.10 Å². The number of nitrogens with zero attached hydrogens (tertiary/aromatic N) is 4. The number of aryl methyl sites for hydroxylation is 1. The number of alkyl halides is 2. The first-order valence-corrected chi connectivity index (χ1v) is 7.66. The van der Waals surface area contributed by atoms with Crippen LogP contribution in [0, 0.1) is 6.92 Å². The molecule has 0 radical (unpaired) electrons. The minimum Gasteiger partial charge on any atom is -0.402 e. The van der Waals surface area contributed by atoms with Crippen molar-refractivity contribution in [1.29, 1.82) is 0 Å². The van der Waals surface area contributed by atoms with Crippen molar-refractivity contribution in [3.63, 3.8) is 0 Å². The Balaban J connectivity index is 1.75. The summed E-state index contributed by atoms with van der Waals surface area (Å²) in [6, 6.07) is 2.30. The lowest BCUT2D eigenvalue weighted by atomic mass is 10.0. The molecule has 0 spiro atoms. The molecule has 23 heavy (non-hydrogen) atoms. The average Bonchev–Trinajstić information content (AvgIpc) is 2.97. The fraction of sp³-hybridized carbons (Fsp3) is 0.533. The van der Waals surface area contributed by atoms with Crippen LogP contribution in [0.5, 0.6) is 0 Å². The summed E-state index contributed by atoms with van der Waals surface area (Å²) in [5.41, 5.74) is 1.64. The second-order valence-electron chi connectivity index (χ2n) is 5.77. The minimum absolute atomic E-state index is 0.0689. The lowest BCUT2D eigenvalue weighted by molar-refractivity contribution is 0.116. The summed E-state index contributed by atoms with van der Waals surface area (Å²) in [5, 5.41) is 9.62. The molecule has 0 saturated carbocycles. The van der Waals surface area contributed by atoms with Gasteiger partial charge in [0.2, 0.25) is 0 Å². The average molecular weight is 323 g/mol. The zero-order valence-electron chi connectivity index (χ0n) is 13.1. The summed E-state index contributed by atoms with van der Waals surface area (Å²) in [5.74, 6) is 0.262. The van der Waals surface area contributed by atoms with Gasteiger partial charge in [-0.1, -0.05) is 5.10 Å². The van der Waals surface area contributed by atoms with E-state index in [0.717, 1.165) is 17.9 Å². The summed E-state index contributed by atoms with van der Waals surface area (Å²) >= 11 is 0. The molecule has 0 aromatic carbocycles. The highest BCUT2D eigenvalue weighted by atomic mass is 19.3. The van der Waals surface area contributed by atoms with Crippen LogP contribution in [0.2, 0.25) is 0 Å². The van der Waals surface area contributed by atoms with Crippen molar-refractivity contribution >= 4 is 17.5 Å². The summed E-state index contributed by atoms with van der Waals surface area (Å²) in [7, 11) is 0. The van der Waals surface area contributed by atoms with Crippen molar-refractivity contribution in [3.8, 4) is 0 Å². The van der Waals surface area contributed by atoms with E-state index >= 15 is 0 Å². The third kappa shape index (κ3) is 3.40. The molecule has 0 amide bonds. The SMILES string of the molecule is Cc1cc(Nc2nnc(C(F)F)o2)cnc1N1CCCCC1C. The molecule has 6 nitrogen and oxygen atoms in total. The van der Waals surface area contributed by atoms with E-state index in [9.17, 15) is 8.78 Å². The second-order valence-corrected chi connectivity index (χ2v) is 5.77. The predicted molar refractivity (Wildman–Crippen MR) is 82.2 cm³/mol. The molecular formula is C15H19F2N5O. The largest absolute Gasteiger partial charge is 0.402 e. The second kappa shape index (κ2) is 6.47. The van der Waals surface area contributed by atoms with Gasteiger partial charge >= 0.3 is 12.4 Å². The predicted octanol–water partition coefficient (Wildman–Crippen LogP) is 3.83. The highest BCUT2D eigenvalue weighted by molar-refractivity contribution is 5.58. The van der Waals surface area contributed by atoms with Crippen LogP contribution >= 0.6 is 0 Å². The normalized spacial score (nSPS) is 18.5. The lowest BCUT2D eigenvalue weighted by Gasteiger charge is -2.35. The van der Waals surface area contributed by atoms with Crippen molar-refractivity contribution in [2.45, 2.75) is 45.6 Å². The maximum absolute atomic E-state index is 12.4. The molecule has 0 bridgehead atoms. The number of hydrogen-bond acceptors (Lipinski definition) is 6. The summed E-state index contributed by atoms with van der Waals surface area (Å²) in [6.07, 6.45) is 2.46. The Morgan fingerprint density at radius 1 is 1.35 bits per heavy atom. The number of nitrogens with one attached hydrogen (secondary N) is 1. The summed E-state index contributed by atoms with van der Waals surface area (Å²) < 4.78 is 29.7. The zero-order chi connectivity index (χ0) is 16.4. The molecule has 1 saturated heterocycles. The van der Waals surface area contributed by atoms with Crippen molar-refractivity contribution < 1.29 is 13.2 Å². The molecule has 1 unspecified atom stereocenters. The topological polar surface area (TPSA) is 67.1 Å². The molecule has 124 valence electrons. The van der Waals surface area contributed by atoms with Crippen molar-refractivity contribution in [3.05, 3.63) is 23.7 Å². The maximum atomic E-state index is 12.4. The van der Waals surface area contributed by atoms with E-state index in [1.54, 1.807) is 6.20 Å². The highest BCUT2D eigenvalue weighted by Crippen LogP contribution is 2.28. The smallest absolute Gasteiger partial charge is 0.320 e. The van der Waals surface area contributed by atoms with Crippen LogP contribution in [0.25, 0.3) is 0 Å². The maximum Gasteiger partial charge on any atom is 0.320 e. The van der Waals surface area contributed by atoms with Crippen LogP contribution < -0.4 is 10.2 Å². The van der Waals surface area contributed by atoms with Crippen LogP contribution in [0.4, 0.5) is 26.3 Å². The molecule has 1 fully saturated rings. The van der Waals surface area contributed by atoms with Crippen LogP contribution in [0.3, 0.4) is 0 Å². The number of anilines is 3. The van der Waals surface area contributed by atoms with Crippen molar-refractivity contribution in [2.75, 3.05) is 16.8 Å². The number of halogens is 2. The van der Waals surface area contributed by atoms with E-state index in [4.69, 9.17) is 4.42 Å². The minimum atomic E-state index is -2.78. The van der Waals surface area contributed by atoms with Gasteiger partial charge in [0.15, 0.2) is 0 Å². The van der Waals surface area contributed by atoms with E-state index in [1.165, 1.54) is 19.3 Å². The molecule has 1 N–H and O–H groups in total. The molecule has 8 heteroatoms. The van der Waals surface area contributed by atoms with E-state index < -0.39 is 12.3 Å². The molecule has 0 aliphatic carbocycles. The molecule has 1 aliphatic heterocycles. The van der Waals surface area contributed by atoms with Gasteiger partial charge in [-0.05, 0) is 44.7 Å². The fourth-order valence-corrected chi connectivity index (χ4v) is 2.85. The number of pyridine rings is 1. The molecule has 3 rings (SSSR count). The molecule has 2 aromatic heterocycles. The first-order valence-electron chi connectivity index (χ1n) is 7.66. The number of hydrogen-bond donors (Lipinski definition) is 1. The molecular weight excluding hydrogens is 304 g/mol. The highest BCUT2D eigenvalue weighted by Gasteiger charge is 2.21. The van der Waals surface area contributed by atoms with E-state index in [0.29, 0.717) is 11.7 Å². The quantitative estimate of drug-likeness (QED) is 0.922. The van der Waals surface area contributed by atoms with Gasteiger partial charge in [0, 0.05) is 12.6 Å². The van der Waals surface area contributed by atoms with Crippen LogP contribution in [-0.4, -0.2) is 27.8 Å². The van der Waals surface area contributed by atoms with Gasteiger partial charge in [-0.2, -0.15) is 8.78 Å². The Bertz CT molecular complexity index is 676. The summed E-state index contributed by atoms with van der Waals surface area (Å²) in [6.45, 7) is 5.19. The number of piperidine rings is 1. The van der Waals surface area contributed by atoms with Crippen LogP contribution in [-0.2, 0) is 0 Å².